The van der Waals surface area contributed by atoms with Crippen molar-refractivity contribution in [2.45, 2.75) is 24.2 Å². The number of fused-ring (bicyclic) bond motifs is 1. The van der Waals surface area contributed by atoms with Crippen molar-refractivity contribution >= 4 is 29.4 Å². The number of alkyl halides is 3. The summed E-state index contributed by atoms with van der Waals surface area (Å²) in [6.45, 7) is 0.564. The molecule has 1 aromatic heterocycles. The van der Waals surface area contributed by atoms with Gasteiger partial charge >= 0.3 is 6.18 Å². The average Bonchev–Trinajstić information content (AvgIpc) is 3.24. The van der Waals surface area contributed by atoms with E-state index < -0.39 is 17.6 Å². The molecule has 1 aromatic carbocycles. The first-order chi connectivity index (χ1) is 13.8. The largest absolute Gasteiger partial charge is 0.416 e. The summed E-state index contributed by atoms with van der Waals surface area (Å²) in [5.74, 6) is 0.551. The van der Waals surface area contributed by atoms with Crippen molar-refractivity contribution in [3.8, 4) is 0 Å². The molecule has 1 aliphatic heterocycles. The maximum Gasteiger partial charge on any atom is 0.416 e. The Hall–Kier alpha value is -2.53. The third-order valence-corrected chi connectivity index (χ3v) is 5.20. The Bertz CT molecular complexity index is 914. The highest BCUT2D eigenvalue weighted by molar-refractivity contribution is 7.98. The van der Waals surface area contributed by atoms with Crippen LogP contribution in [-0.4, -0.2) is 41.9 Å². The number of carbonyl (C=O) groups is 2. The quantitative estimate of drug-likeness (QED) is 0.663. The number of hydrogen-bond acceptors (Lipinski definition) is 5. The number of hydrogen-bond donors (Lipinski definition) is 2. The van der Waals surface area contributed by atoms with Crippen molar-refractivity contribution in [1.82, 2.24) is 15.1 Å². The Morgan fingerprint density at radius 3 is 2.83 bits per heavy atom. The molecule has 0 unspecified atom stereocenters. The van der Waals surface area contributed by atoms with Gasteiger partial charge in [0.2, 0.25) is 5.91 Å². The normalized spacial score (nSPS) is 13.2. The highest BCUT2D eigenvalue weighted by Crippen LogP contribution is 2.35. The van der Waals surface area contributed by atoms with E-state index in [0.717, 1.165) is 23.4 Å². The molecule has 7 nitrogen and oxygen atoms in total. The second-order valence-electron chi connectivity index (χ2n) is 6.30. The molecule has 2 amide bonds. The number of thioether (sulfide) groups is 1. The Balaban J connectivity index is 1.80. The minimum absolute atomic E-state index is 0.125. The van der Waals surface area contributed by atoms with Crippen molar-refractivity contribution in [2.24, 2.45) is 0 Å². The van der Waals surface area contributed by atoms with Crippen LogP contribution in [0.4, 0.5) is 19.0 Å². The van der Waals surface area contributed by atoms with E-state index in [-0.39, 0.29) is 18.0 Å². The number of rotatable bonds is 7. The number of benzene rings is 1. The van der Waals surface area contributed by atoms with Crippen molar-refractivity contribution < 1.29 is 27.5 Å². The zero-order chi connectivity index (χ0) is 21.0. The lowest BCUT2D eigenvalue weighted by molar-refractivity contribution is -0.137. The Labute approximate surface area is 169 Å². The molecule has 0 saturated carbocycles. The van der Waals surface area contributed by atoms with Crippen LogP contribution in [0.15, 0.2) is 24.3 Å². The van der Waals surface area contributed by atoms with Gasteiger partial charge in [0, 0.05) is 36.3 Å². The van der Waals surface area contributed by atoms with Crippen molar-refractivity contribution in [3.63, 3.8) is 0 Å². The van der Waals surface area contributed by atoms with Gasteiger partial charge in [-0.25, -0.2) is 4.68 Å². The minimum atomic E-state index is -4.55. The number of amides is 2. The first-order valence-electron chi connectivity index (χ1n) is 8.70. The molecule has 2 aromatic rings. The third-order valence-electron chi connectivity index (χ3n) is 4.22. The molecule has 2 heterocycles. The molecular formula is C18H19F3N4O3S. The van der Waals surface area contributed by atoms with Crippen LogP contribution in [0.3, 0.4) is 0 Å². The van der Waals surface area contributed by atoms with Gasteiger partial charge in [-0.05, 0) is 18.2 Å². The number of methoxy groups -OCH3 is 1. The molecule has 11 heteroatoms. The summed E-state index contributed by atoms with van der Waals surface area (Å²) >= 11 is 1.60. The van der Waals surface area contributed by atoms with Crippen LogP contribution in [0, 0.1) is 0 Å². The van der Waals surface area contributed by atoms with E-state index in [2.05, 4.69) is 15.7 Å². The maximum absolute atomic E-state index is 12.9. The van der Waals surface area contributed by atoms with Crippen LogP contribution in [0.2, 0.25) is 0 Å². The monoisotopic (exact) mass is 428 g/mol. The van der Waals surface area contributed by atoms with Gasteiger partial charge in [0.05, 0.1) is 17.9 Å². The lowest BCUT2D eigenvalue weighted by Gasteiger charge is -2.12. The average molecular weight is 428 g/mol. The summed E-state index contributed by atoms with van der Waals surface area (Å²) in [4.78, 5) is 24.7. The zero-order valence-electron chi connectivity index (χ0n) is 15.5. The summed E-state index contributed by atoms with van der Waals surface area (Å²) in [6.07, 6.45) is -4.55. The molecule has 0 spiro atoms. The third kappa shape index (κ3) is 5.10. The molecule has 0 atom stereocenters. The number of anilines is 1. The van der Waals surface area contributed by atoms with Crippen LogP contribution >= 0.6 is 11.8 Å². The standard InChI is InChI=1S/C18H19F3N4O3S/c1-28-6-5-22-15(26)8-25-16(13-9-29-10-14(13)24-25)23-17(27)11-3-2-4-12(7-11)18(19,20)21/h2-4,7H,5-6,8-10H2,1H3,(H,22,26)(H,23,27). The van der Waals surface area contributed by atoms with Crippen molar-refractivity contribution in [1.29, 1.82) is 0 Å². The number of nitrogens with one attached hydrogen (secondary N) is 2. The molecule has 0 radical (unpaired) electrons. The van der Waals surface area contributed by atoms with Gasteiger partial charge in [0.1, 0.15) is 12.4 Å². The lowest BCUT2D eigenvalue weighted by Crippen LogP contribution is -2.31. The Morgan fingerprint density at radius 2 is 2.10 bits per heavy atom. The smallest absolute Gasteiger partial charge is 0.383 e. The van der Waals surface area contributed by atoms with Gasteiger partial charge in [-0.1, -0.05) is 6.07 Å². The van der Waals surface area contributed by atoms with Gasteiger partial charge in [0.25, 0.3) is 5.91 Å². The van der Waals surface area contributed by atoms with E-state index in [4.69, 9.17) is 4.74 Å². The molecule has 0 aliphatic carbocycles. The minimum Gasteiger partial charge on any atom is -0.383 e. The van der Waals surface area contributed by atoms with E-state index in [1.165, 1.54) is 23.9 Å². The van der Waals surface area contributed by atoms with Crippen molar-refractivity contribution in [2.75, 3.05) is 25.6 Å². The summed E-state index contributed by atoms with van der Waals surface area (Å²) in [7, 11) is 1.52. The van der Waals surface area contributed by atoms with Crippen LogP contribution in [0.25, 0.3) is 0 Å². The van der Waals surface area contributed by atoms with Gasteiger partial charge in [-0.15, -0.1) is 0 Å². The van der Waals surface area contributed by atoms with E-state index in [1.54, 1.807) is 11.8 Å². The molecule has 29 heavy (non-hydrogen) atoms. The number of carbonyl (C=O) groups excluding carboxylic acids is 2. The van der Waals surface area contributed by atoms with E-state index >= 15 is 0 Å². The molecule has 1 aliphatic rings. The molecular weight excluding hydrogens is 409 g/mol. The van der Waals surface area contributed by atoms with Crippen LogP contribution in [-0.2, 0) is 33.8 Å². The molecule has 2 N–H and O–H groups in total. The molecule has 156 valence electrons. The van der Waals surface area contributed by atoms with E-state index in [0.29, 0.717) is 30.5 Å². The number of ether oxygens (including phenoxy) is 1. The number of halogens is 3. The molecule has 3 rings (SSSR count). The van der Waals surface area contributed by atoms with Gasteiger partial charge in [-0.2, -0.15) is 30.0 Å². The number of nitrogens with zero attached hydrogens (tertiary/aromatic N) is 2. The number of aromatic nitrogens is 2. The fourth-order valence-corrected chi connectivity index (χ4v) is 3.86. The van der Waals surface area contributed by atoms with E-state index in [1.807, 2.05) is 0 Å². The van der Waals surface area contributed by atoms with Crippen LogP contribution < -0.4 is 10.6 Å². The summed E-state index contributed by atoms with van der Waals surface area (Å²) in [6, 6.07) is 4.18. The summed E-state index contributed by atoms with van der Waals surface area (Å²) < 4.78 is 45.0. The molecule has 0 saturated heterocycles. The first kappa shape index (κ1) is 21.2. The van der Waals surface area contributed by atoms with Gasteiger partial charge in [0.15, 0.2) is 0 Å². The molecule has 0 bridgehead atoms. The second kappa shape index (κ2) is 8.87. The van der Waals surface area contributed by atoms with Crippen LogP contribution in [0.1, 0.15) is 27.2 Å². The van der Waals surface area contributed by atoms with Crippen molar-refractivity contribution in [3.05, 3.63) is 46.6 Å². The fourth-order valence-electron chi connectivity index (χ4n) is 2.82. The Morgan fingerprint density at radius 1 is 1.31 bits per heavy atom. The van der Waals surface area contributed by atoms with Gasteiger partial charge in [-0.3, -0.25) is 9.59 Å². The topological polar surface area (TPSA) is 85.2 Å². The highest BCUT2D eigenvalue weighted by atomic mass is 32.2. The predicted molar refractivity (Wildman–Crippen MR) is 102 cm³/mol. The lowest BCUT2D eigenvalue weighted by atomic mass is 10.1. The van der Waals surface area contributed by atoms with E-state index in [9.17, 15) is 22.8 Å². The summed E-state index contributed by atoms with van der Waals surface area (Å²) in [5, 5.41) is 9.67. The highest BCUT2D eigenvalue weighted by Gasteiger charge is 2.31. The first-order valence-corrected chi connectivity index (χ1v) is 9.85. The van der Waals surface area contributed by atoms with Crippen LogP contribution in [0.5, 0.6) is 0 Å². The van der Waals surface area contributed by atoms with Gasteiger partial charge < -0.3 is 15.4 Å². The fraction of sp³-hybridized carbons (Fsp3) is 0.389. The second-order valence-corrected chi connectivity index (χ2v) is 7.29. The maximum atomic E-state index is 12.9. The molecule has 0 fully saturated rings. The summed E-state index contributed by atoms with van der Waals surface area (Å²) in [5.41, 5.74) is 0.493. The Kier molecular flexibility index (Phi) is 6.48. The zero-order valence-corrected chi connectivity index (χ0v) is 16.3. The predicted octanol–water partition coefficient (Wildman–Crippen LogP) is 2.66. The SMILES string of the molecule is COCCNC(=O)Cn1nc2c(c1NC(=O)c1cccc(C(F)(F)F)c1)CSC2.